The van der Waals surface area contributed by atoms with Gasteiger partial charge < -0.3 is 9.88 Å². The molecule has 0 radical (unpaired) electrons. The minimum atomic E-state index is -3.40. The number of sulfone groups is 1. The van der Waals surface area contributed by atoms with Crippen LogP contribution in [0.1, 0.15) is 11.4 Å². The fourth-order valence-electron chi connectivity index (χ4n) is 2.77. The molecular formula is C20H21N3O3S. The molecule has 1 heterocycles. The number of aromatic nitrogens is 2. The lowest BCUT2D eigenvalue weighted by Crippen LogP contribution is -2.35. The van der Waals surface area contributed by atoms with Crippen molar-refractivity contribution in [3.8, 4) is 11.1 Å². The molecule has 0 aliphatic heterocycles. The van der Waals surface area contributed by atoms with Gasteiger partial charge in [0.2, 0.25) is 5.91 Å². The Hall–Kier alpha value is -2.93. The average molecular weight is 383 g/mol. The Balaban J connectivity index is 1.77. The number of H-pyrrole nitrogens is 1. The highest BCUT2D eigenvalue weighted by Gasteiger charge is 2.20. The number of hydrogen-bond acceptors (Lipinski definition) is 4. The van der Waals surface area contributed by atoms with Crippen LogP contribution in [0.2, 0.25) is 0 Å². The number of imidazole rings is 1. The molecule has 0 unspecified atom stereocenters. The fourth-order valence-corrected chi connectivity index (χ4v) is 3.40. The van der Waals surface area contributed by atoms with Crippen LogP contribution >= 0.6 is 0 Å². The highest BCUT2D eigenvalue weighted by atomic mass is 32.2. The first-order valence-corrected chi connectivity index (χ1v) is 10.5. The number of rotatable bonds is 7. The maximum Gasteiger partial charge on any atom is 0.238 e. The summed E-state index contributed by atoms with van der Waals surface area (Å²) in [7, 11) is -3.40. The minimum absolute atomic E-state index is 0.224. The van der Waals surface area contributed by atoms with E-state index in [1.54, 1.807) is 12.4 Å². The molecular weight excluding hydrogens is 362 g/mol. The number of nitrogens with zero attached hydrogens (tertiary/aromatic N) is 2. The van der Waals surface area contributed by atoms with Gasteiger partial charge in [-0.25, -0.2) is 13.4 Å². The van der Waals surface area contributed by atoms with Crippen LogP contribution in [0, 0.1) is 0 Å². The van der Waals surface area contributed by atoms with Crippen molar-refractivity contribution in [3.05, 3.63) is 78.4 Å². The summed E-state index contributed by atoms with van der Waals surface area (Å²) in [4.78, 5) is 21.1. The maximum atomic E-state index is 12.5. The summed E-state index contributed by atoms with van der Waals surface area (Å²) in [6.45, 7) is 0.534. The largest absolute Gasteiger partial charge is 0.347 e. The van der Waals surface area contributed by atoms with E-state index in [2.05, 4.69) is 9.97 Å². The molecule has 0 bridgehead atoms. The standard InChI is InChI=1S/C20H21N3O3S/c1-27(25,26)15-20(24)23(14-19-21-11-12-22-19)13-16-7-9-18(10-8-16)17-5-3-2-4-6-17/h2-12H,13-15H2,1H3,(H,21,22). The highest BCUT2D eigenvalue weighted by molar-refractivity contribution is 7.91. The number of carbonyl (C=O) groups is 1. The summed E-state index contributed by atoms with van der Waals surface area (Å²) in [6.07, 6.45) is 4.33. The summed E-state index contributed by atoms with van der Waals surface area (Å²) in [6, 6.07) is 17.9. The number of aromatic amines is 1. The van der Waals surface area contributed by atoms with Gasteiger partial charge in [-0.15, -0.1) is 0 Å². The molecule has 1 N–H and O–H groups in total. The number of carbonyl (C=O) groups excluding carboxylic acids is 1. The summed E-state index contributed by atoms with van der Waals surface area (Å²) in [5, 5.41) is 0. The summed E-state index contributed by atoms with van der Waals surface area (Å²) < 4.78 is 23.1. The summed E-state index contributed by atoms with van der Waals surface area (Å²) in [5.74, 6) is -0.352. The average Bonchev–Trinajstić information content (AvgIpc) is 3.14. The highest BCUT2D eigenvalue weighted by Crippen LogP contribution is 2.20. The van der Waals surface area contributed by atoms with Gasteiger partial charge in [-0.05, 0) is 16.7 Å². The van der Waals surface area contributed by atoms with Crippen LogP contribution in [0.5, 0.6) is 0 Å². The topological polar surface area (TPSA) is 83.1 Å². The Morgan fingerprint density at radius 2 is 1.67 bits per heavy atom. The second-order valence-corrected chi connectivity index (χ2v) is 8.56. The zero-order chi connectivity index (χ0) is 19.3. The third-order valence-corrected chi connectivity index (χ3v) is 4.84. The number of hydrogen-bond donors (Lipinski definition) is 1. The van der Waals surface area contributed by atoms with Gasteiger partial charge in [0.05, 0.1) is 6.54 Å². The Morgan fingerprint density at radius 3 is 2.26 bits per heavy atom. The van der Waals surface area contributed by atoms with Gasteiger partial charge in [-0.1, -0.05) is 54.6 Å². The van der Waals surface area contributed by atoms with Crippen molar-refractivity contribution in [3.63, 3.8) is 0 Å². The molecule has 0 spiro atoms. The second kappa shape index (κ2) is 8.18. The molecule has 0 saturated heterocycles. The first-order valence-electron chi connectivity index (χ1n) is 8.49. The Kier molecular flexibility index (Phi) is 5.71. The van der Waals surface area contributed by atoms with E-state index in [1.807, 2.05) is 54.6 Å². The molecule has 3 rings (SSSR count). The van der Waals surface area contributed by atoms with Crippen molar-refractivity contribution < 1.29 is 13.2 Å². The van der Waals surface area contributed by atoms with Crippen molar-refractivity contribution >= 4 is 15.7 Å². The minimum Gasteiger partial charge on any atom is -0.347 e. The Morgan fingerprint density at radius 1 is 1.00 bits per heavy atom. The Labute approximate surface area is 158 Å². The van der Waals surface area contributed by atoms with Crippen LogP contribution in [0.25, 0.3) is 11.1 Å². The second-order valence-electron chi connectivity index (χ2n) is 6.42. The van der Waals surface area contributed by atoms with E-state index in [4.69, 9.17) is 0 Å². The lowest BCUT2D eigenvalue weighted by Gasteiger charge is -2.22. The van der Waals surface area contributed by atoms with Gasteiger partial charge in [0, 0.05) is 25.2 Å². The van der Waals surface area contributed by atoms with E-state index >= 15 is 0 Å². The Bertz CT molecular complexity index is 983. The summed E-state index contributed by atoms with van der Waals surface area (Å²) >= 11 is 0. The van der Waals surface area contributed by atoms with Crippen LogP contribution in [-0.4, -0.2) is 41.2 Å². The predicted octanol–water partition coefficient (Wildman–Crippen LogP) is 2.65. The molecule has 140 valence electrons. The molecule has 1 aromatic heterocycles. The van der Waals surface area contributed by atoms with E-state index in [-0.39, 0.29) is 6.54 Å². The summed E-state index contributed by atoms with van der Waals surface area (Å²) in [5.41, 5.74) is 3.12. The van der Waals surface area contributed by atoms with Crippen LogP contribution in [0.4, 0.5) is 0 Å². The lowest BCUT2D eigenvalue weighted by molar-refractivity contribution is -0.129. The number of amides is 1. The smallest absolute Gasteiger partial charge is 0.238 e. The van der Waals surface area contributed by atoms with Crippen molar-refractivity contribution in [2.45, 2.75) is 13.1 Å². The van der Waals surface area contributed by atoms with Crippen molar-refractivity contribution in [1.29, 1.82) is 0 Å². The monoisotopic (exact) mass is 383 g/mol. The molecule has 0 saturated carbocycles. The maximum absolute atomic E-state index is 12.5. The molecule has 3 aromatic rings. The molecule has 2 aromatic carbocycles. The fraction of sp³-hybridized carbons (Fsp3) is 0.200. The molecule has 0 aliphatic carbocycles. The van der Waals surface area contributed by atoms with E-state index in [1.165, 1.54) is 4.90 Å². The van der Waals surface area contributed by atoms with E-state index in [0.29, 0.717) is 12.4 Å². The number of benzene rings is 2. The van der Waals surface area contributed by atoms with Crippen molar-refractivity contribution in [1.82, 2.24) is 14.9 Å². The van der Waals surface area contributed by atoms with Crippen molar-refractivity contribution in [2.24, 2.45) is 0 Å². The molecule has 6 nitrogen and oxygen atoms in total. The van der Waals surface area contributed by atoms with Gasteiger partial charge in [-0.3, -0.25) is 4.79 Å². The zero-order valence-corrected chi connectivity index (χ0v) is 15.8. The van der Waals surface area contributed by atoms with Crippen LogP contribution in [0.3, 0.4) is 0 Å². The first-order chi connectivity index (χ1) is 12.9. The van der Waals surface area contributed by atoms with Gasteiger partial charge in [0.1, 0.15) is 11.6 Å². The van der Waals surface area contributed by atoms with E-state index in [0.717, 1.165) is 22.9 Å². The molecule has 0 aliphatic rings. The van der Waals surface area contributed by atoms with Gasteiger partial charge in [0.15, 0.2) is 9.84 Å². The first kappa shape index (κ1) is 18.8. The number of nitrogens with one attached hydrogen (secondary N) is 1. The van der Waals surface area contributed by atoms with E-state index < -0.39 is 21.5 Å². The third-order valence-electron chi connectivity index (χ3n) is 4.07. The van der Waals surface area contributed by atoms with Crippen LogP contribution < -0.4 is 0 Å². The van der Waals surface area contributed by atoms with Gasteiger partial charge in [0.25, 0.3) is 0 Å². The molecule has 27 heavy (non-hydrogen) atoms. The molecule has 0 atom stereocenters. The molecule has 1 amide bonds. The SMILES string of the molecule is CS(=O)(=O)CC(=O)N(Cc1ccc(-c2ccccc2)cc1)Cc1ncc[nH]1. The van der Waals surface area contributed by atoms with Crippen LogP contribution in [-0.2, 0) is 27.7 Å². The van der Waals surface area contributed by atoms with Crippen molar-refractivity contribution in [2.75, 3.05) is 12.0 Å². The van der Waals surface area contributed by atoms with Crippen LogP contribution in [0.15, 0.2) is 67.0 Å². The zero-order valence-electron chi connectivity index (χ0n) is 15.0. The van der Waals surface area contributed by atoms with Gasteiger partial charge >= 0.3 is 0 Å². The van der Waals surface area contributed by atoms with E-state index in [9.17, 15) is 13.2 Å². The molecule has 0 fully saturated rings. The molecule has 7 heteroatoms. The predicted molar refractivity (Wildman–Crippen MR) is 104 cm³/mol. The normalized spacial score (nSPS) is 11.3. The lowest BCUT2D eigenvalue weighted by atomic mass is 10.0. The third kappa shape index (κ3) is 5.52. The van der Waals surface area contributed by atoms with Gasteiger partial charge in [-0.2, -0.15) is 0 Å². The quantitative estimate of drug-likeness (QED) is 0.680.